The van der Waals surface area contributed by atoms with Crippen molar-refractivity contribution in [3.05, 3.63) is 43.1 Å². The van der Waals surface area contributed by atoms with Crippen LogP contribution in [-0.2, 0) is 29.2 Å². The van der Waals surface area contributed by atoms with Crippen LogP contribution in [0.3, 0.4) is 0 Å². The fourth-order valence-corrected chi connectivity index (χ4v) is 8.28. The molecule has 3 fully saturated rings. The number of carbonyl (C=O) groups is 4. The minimum absolute atomic E-state index is 0.0550. The van der Waals surface area contributed by atoms with Gasteiger partial charge in [0.25, 0.3) is 0 Å². The summed E-state index contributed by atoms with van der Waals surface area (Å²) in [6.45, 7) is 15.3. The molecular formula is C38H52N4O8S. The standard InChI is InChI=1S/C38H52N4O8S/c1-10-24-20-38(24,35(46)40-51(47,48)27-12-13-27)21-31(43)30-18-26(50-33-28-14-11-25(49-9)17-23(28)15-16-39-33)22-42(30)34(45)29(36(2,3)4)19-32(44)41(8)37(5,6)7/h10-11,14-17,24,26-27,29-30H,1,12-13,18-22H2,2-9H3,(H,40,46)/t24-,26-,29-,30+,38-/m1/s1. The minimum atomic E-state index is -3.84. The van der Waals surface area contributed by atoms with Gasteiger partial charge in [-0.05, 0) is 81.0 Å². The van der Waals surface area contributed by atoms with Gasteiger partial charge in [-0.15, -0.1) is 6.58 Å². The van der Waals surface area contributed by atoms with Crippen molar-refractivity contribution in [1.29, 1.82) is 0 Å². The van der Waals surface area contributed by atoms with Crippen molar-refractivity contribution in [2.75, 3.05) is 20.7 Å². The molecule has 12 nitrogen and oxygen atoms in total. The molecule has 2 aromatic rings. The van der Waals surface area contributed by atoms with E-state index in [-0.39, 0.29) is 49.8 Å². The Hall–Kier alpha value is -4.00. The number of ketones is 1. The van der Waals surface area contributed by atoms with Crippen molar-refractivity contribution in [3.63, 3.8) is 0 Å². The molecule has 2 aliphatic carbocycles. The van der Waals surface area contributed by atoms with Gasteiger partial charge in [-0.1, -0.05) is 26.8 Å². The Labute approximate surface area is 301 Å². The van der Waals surface area contributed by atoms with Crippen LogP contribution in [0.5, 0.6) is 11.6 Å². The molecule has 0 radical (unpaired) electrons. The van der Waals surface area contributed by atoms with Crippen LogP contribution in [0.25, 0.3) is 10.8 Å². The molecule has 1 aliphatic heterocycles. The summed E-state index contributed by atoms with van der Waals surface area (Å²) >= 11 is 0. The van der Waals surface area contributed by atoms with E-state index in [2.05, 4.69) is 16.3 Å². The summed E-state index contributed by atoms with van der Waals surface area (Å²) in [5.41, 5.74) is -2.38. The van der Waals surface area contributed by atoms with Gasteiger partial charge in [0.2, 0.25) is 33.6 Å². The number of carbonyl (C=O) groups excluding carboxylic acids is 4. The number of Topliss-reactive ketones (excluding diaryl/α,β-unsaturated/α-hetero) is 1. The van der Waals surface area contributed by atoms with Gasteiger partial charge in [0, 0.05) is 43.4 Å². The number of fused-ring (bicyclic) bond motifs is 1. The number of nitrogens with one attached hydrogen (secondary N) is 1. The van der Waals surface area contributed by atoms with Crippen LogP contribution in [-0.4, -0.2) is 90.3 Å². The van der Waals surface area contributed by atoms with E-state index >= 15 is 0 Å². The number of pyridine rings is 1. The molecule has 1 N–H and O–H groups in total. The van der Waals surface area contributed by atoms with Crippen molar-refractivity contribution >= 4 is 44.3 Å². The summed E-state index contributed by atoms with van der Waals surface area (Å²) in [7, 11) is -0.547. The Morgan fingerprint density at radius 2 is 1.82 bits per heavy atom. The minimum Gasteiger partial charge on any atom is -0.497 e. The Kier molecular flexibility index (Phi) is 10.4. The molecule has 1 aromatic carbocycles. The second kappa shape index (κ2) is 13.9. The van der Waals surface area contributed by atoms with Gasteiger partial charge in [0.05, 0.1) is 36.3 Å². The average molecular weight is 725 g/mol. The third kappa shape index (κ3) is 8.08. The summed E-state index contributed by atoms with van der Waals surface area (Å²) < 4.78 is 39.5. The zero-order chi connectivity index (χ0) is 37.7. The fraction of sp³-hybridized carbons (Fsp3) is 0.605. The first-order chi connectivity index (χ1) is 23.7. The van der Waals surface area contributed by atoms with Crippen molar-refractivity contribution in [2.24, 2.45) is 22.7 Å². The highest BCUT2D eigenvalue weighted by molar-refractivity contribution is 7.90. The molecule has 3 amide bonds. The summed E-state index contributed by atoms with van der Waals surface area (Å²) in [6, 6.07) is 6.35. The molecule has 2 saturated carbocycles. The van der Waals surface area contributed by atoms with Gasteiger partial charge >= 0.3 is 0 Å². The third-order valence-electron chi connectivity index (χ3n) is 10.8. The van der Waals surface area contributed by atoms with E-state index in [9.17, 15) is 27.6 Å². The van der Waals surface area contributed by atoms with Gasteiger partial charge in [-0.3, -0.25) is 23.9 Å². The van der Waals surface area contributed by atoms with Gasteiger partial charge in [-0.2, -0.15) is 0 Å². The Morgan fingerprint density at radius 1 is 1.14 bits per heavy atom. The van der Waals surface area contributed by atoms with E-state index in [0.29, 0.717) is 24.5 Å². The number of likely N-dealkylation sites (tertiary alicyclic amines) is 1. The molecule has 0 spiro atoms. The number of benzene rings is 1. The number of sulfonamides is 1. The highest BCUT2D eigenvalue weighted by Gasteiger charge is 2.61. The van der Waals surface area contributed by atoms with Crippen LogP contribution in [0.2, 0.25) is 0 Å². The molecule has 5 rings (SSSR count). The summed E-state index contributed by atoms with van der Waals surface area (Å²) in [5, 5.41) is 0.966. The number of rotatable bonds is 13. The number of hydrogen-bond donors (Lipinski definition) is 1. The predicted octanol–water partition coefficient (Wildman–Crippen LogP) is 4.66. The number of hydrogen-bond acceptors (Lipinski definition) is 9. The normalized spacial score (nSPS) is 24.1. The van der Waals surface area contributed by atoms with Crippen LogP contribution < -0.4 is 14.2 Å². The largest absolute Gasteiger partial charge is 0.497 e. The molecule has 2 heterocycles. The molecule has 0 unspecified atom stereocenters. The van der Waals surface area contributed by atoms with Gasteiger partial charge < -0.3 is 19.3 Å². The van der Waals surface area contributed by atoms with Crippen molar-refractivity contribution in [2.45, 2.75) is 103 Å². The lowest BCUT2D eigenvalue weighted by Gasteiger charge is -2.38. The lowest BCUT2D eigenvalue weighted by atomic mass is 9.77. The Morgan fingerprint density at radius 3 is 2.39 bits per heavy atom. The monoisotopic (exact) mass is 724 g/mol. The zero-order valence-electron chi connectivity index (χ0n) is 31.0. The lowest BCUT2D eigenvalue weighted by molar-refractivity contribution is -0.149. The molecule has 278 valence electrons. The van der Waals surface area contributed by atoms with Gasteiger partial charge in [0.15, 0.2) is 5.78 Å². The predicted molar refractivity (Wildman–Crippen MR) is 193 cm³/mol. The maximum atomic E-state index is 14.6. The van der Waals surface area contributed by atoms with Crippen LogP contribution >= 0.6 is 0 Å². The molecule has 3 aliphatic rings. The average Bonchev–Trinajstić information content (AvgIpc) is 3.98. The van der Waals surface area contributed by atoms with E-state index in [4.69, 9.17) is 9.47 Å². The number of aromatic nitrogens is 1. The van der Waals surface area contributed by atoms with E-state index in [1.165, 1.54) is 4.90 Å². The van der Waals surface area contributed by atoms with E-state index in [0.717, 1.165) is 10.8 Å². The molecule has 13 heteroatoms. The summed E-state index contributed by atoms with van der Waals surface area (Å²) in [6.07, 6.45) is 3.61. The highest BCUT2D eigenvalue weighted by atomic mass is 32.2. The fourth-order valence-electron chi connectivity index (χ4n) is 6.90. The zero-order valence-corrected chi connectivity index (χ0v) is 31.8. The van der Waals surface area contributed by atoms with E-state index in [1.807, 2.05) is 59.7 Å². The summed E-state index contributed by atoms with van der Waals surface area (Å²) in [4.78, 5) is 63.7. The second-order valence-electron chi connectivity index (χ2n) is 16.5. The highest BCUT2D eigenvalue weighted by Crippen LogP contribution is 2.57. The van der Waals surface area contributed by atoms with E-state index < -0.39 is 61.5 Å². The molecule has 0 bridgehead atoms. The number of methoxy groups -OCH3 is 1. The first kappa shape index (κ1) is 38.2. The van der Waals surface area contributed by atoms with Gasteiger partial charge in [-0.25, -0.2) is 13.4 Å². The maximum absolute atomic E-state index is 14.6. The lowest BCUT2D eigenvalue weighted by Crippen LogP contribution is -2.50. The van der Waals surface area contributed by atoms with Crippen LogP contribution in [0.15, 0.2) is 43.1 Å². The van der Waals surface area contributed by atoms with Crippen molar-refractivity contribution < 1.29 is 37.1 Å². The molecule has 51 heavy (non-hydrogen) atoms. The number of nitrogens with zero attached hydrogens (tertiary/aromatic N) is 3. The van der Waals surface area contributed by atoms with Crippen LogP contribution in [0.1, 0.15) is 80.1 Å². The number of amides is 3. The summed E-state index contributed by atoms with van der Waals surface area (Å²) in [5.74, 6) is -1.79. The topological polar surface area (TPSA) is 152 Å². The van der Waals surface area contributed by atoms with Crippen LogP contribution in [0, 0.1) is 22.7 Å². The maximum Gasteiger partial charge on any atom is 0.240 e. The first-order valence-electron chi connectivity index (χ1n) is 17.6. The molecule has 1 aromatic heterocycles. The first-order valence-corrected chi connectivity index (χ1v) is 19.1. The Balaban J connectivity index is 1.45. The van der Waals surface area contributed by atoms with Crippen LogP contribution in [0.4, 0.5) is 0 Å². The molecular weight excluding hydrogens is 673 g/mol. The van der Waals surface area contributed by atoms with Crippen molar-refractivity contribution in [1.82, 2.24) is 19.5 Å². The quantitative estimate of drug-likeness (QED) is 0.291. The molecule has 1 saturated heterocycles. The second-order valence-corrected chi connectivity index (χ2v) is 18.4. The smallest absolute Gasteiger partial charge is 0.240 e. The van der Waals surface area contributed by atoms with E-state index in [1.54, 1.807) is 37.4 Å². The Bertz CT molecular complexity index is 1830. The SMILES string of the molecule is C=C[C@@H]1C[C@]1(CC(=O)[C@@H]1C[C@@H](Oc2nccc3cc(OC)ccc23)CN1C(=O)[C@@H](CC(=O)N(C)C(C)(C)C)C(C)(C)C)C(=O)NS(=O)(=O)C1CC1. The number of allylic oxidation sites excluding steroid dienone is 1. The van der Waals surface area contributed by atoms with Crippen molar-refractivity contribution in [3.8, 4) is 11.6 Å². The molecule has 5 atom stereocenters. The number of ether oxygens (including phenoxy) is 2. The van der Waals surface area contributed by atoms with Gasteiger partial charge in [0.1, 0.15) is 11.9 Å². The third-order valence-corrected chi connectivity index (χ3v) is 12.6.